The third kappa shape index (κ3) is 2.67. The highest BCUT2D eigenvalue weighted by atomic mass is 16.3. The lowest BCUT2D eigenvalue weighted by Gasteiger charge is -2.32. The molecular weight excluding hydrogens is 244 g/mol. The van der Waals surface area contributed by atoms with Crippen LogP contribution in [0, 0.1) is 0 Å². The molecule has 0 aliphatic heterocycles. The molecule has 1 heterocycles. The summed E-state index contributed by atoms with van der Waals surface area (Å²) in [7, 11) is 0. The van der Waals surface area contributed by atoms with Crippen molar-refractivity contribution in [1.82, 2.24) is 9.88 Å². The average molecular weight is 266 g/mol. The van der Waals surface area contributed by atoms with Gasteiger partial charge in [0.05, 0.1) is 18.8 Å². The molecule has 0 atom stereocenters. The van der Waals surface area contributed by atoms with Gasteiger partial charge in [-0.25, -0.2) is 0 Å². The van der Waals surface area contributed by atoms with E-state index < -0.39 is 5.54 Å². The lowest BCUT2D eigenvalue weighted by Crippen LogP contribution is -2.54. The third-order valence-corrected chi connectivity index (χ3v) is 4.14. The summed E-state index contributed by atoms with van der Waals surface area (Å²) in [4.78, 5) is 12.3. The average Bonchev–Trinajstić information content (AvgIpc) is 2.83. The van der Waals surface area contributed by atoms with Gasteiger partial charge in [0.25, 0.3) is 5.91 Å². The van der Waals surface area contributed by atoms with Crippen molar-refractivity contribution in [2.45, 2.75) is 44.2 Å². The quantitative estimate of drug-likeness (QED) is 0.721. The number of aliphatic hydroxyl groups excluding tert-OH is 2. The lowest BCUT2D eigenvalue weighted by molar-refractivity contribution is 0.0642. The predicted octanol–water partition coefficient (Wildman–Crippen LogP) is 1.08. The Morgan fingerprint density at radius 1 is 1.47 bits per heavy atom. The molecule has 2 rings (SSSR count). The van der Waals surface area contributed by atoms with Crippen molar-refractivity contribution in [2.24, 2.45) is 0 Å². The van der Waals surface area contributed by atoms with Crippen LogP contribution >= 0.6 is 0 Å². The standard InChI is InChI=1S/C14H22N2O3/c1-2-14(9-17,10-18)15-13(19)12-7-4-8-16(12)11-5-3-6-11/h4,7-8,11,17-18H,2-3,5-6,9-10H2,1H3,(H,15,19). The molecule has 1 saturated carbocycles. The van der Waals surface area contributed by atoms with Crippen LogP contribution in [0.2, 0.25) is 0 Å². The van der Waals surface area contributed by atoms with Crippen LogP contribution in [-0.4, -0.2) is 39.4 Å². The van der Waals surface area contributed by atoms with E-state index in [1.807, 2.05) is 23.8 Å². The normalized spacial score (nSPS) is 16.2. The van der Waals surface area contributed by atoms with Crippen LogP contribution in [0.15, 0.2) is 18.3 Å². The van der Waals surface area contributed by atoms with Gasteiger partial charge in [0, 0.05) is 12.2 Å². The first-order chi connectivity index (χ1) is 9.15. The summed E-state index contributed by atoms with van der Waals surface area (Å²) in [6.07, 6.45) is 5.82. The van der Waals surface area contributed by atoms with E-state index in [0.717, 1.165) is 12.8 Å². The van der Waals surface area contributed by atoms with E-state index in [0.29, 0.717) is 18.2 Å². The number of aliphatic hydroxyl groups is 2. The highest BCUT2D eigenvalue weighted by Gasteiger charge is 2.31. The van der Waals surface area contributed by atoms with E-state index in [-0.39, 0.29) is 19.1 Å². The first-order valence-electron chi connectivity index (χ1n) is 6.87. The van der Waals surface area contributed by atoms with Crippen LogP contribution in [0.4, 0.5) is 0 Å². The Balaban J connectivity index is 2.13. The van der Waals surface area contributed by atoms with Crippen molar-refractivity contribution < 1.29 is 15.0 Å². The van der Waals surface area contributed by atoms with Crippen molar-refractivity contribution in [2.75, 3.05) is 13.2 Å². The molecule has 5 heteroatoms. The highest BCUT2D eigenvalue weighted by Crippen LogP contribution is 2.32. The molecule has 1 aromatic rings. The summed E-state index contributed by atoms with van der Waals surface area (Å²) in [5, 5.41) is 21.5. The second-order valence-electron chi connectivity index (χ2n) is 5.29. The Morgan fingerprint density at radius 3 is 2.63 bits per heavy atom. The van der Waals surface area contributed by atoms with Crippen LogP contribution < -0.4 is 5.32 Å². The molecule has 1 aliphatic carbocycles. The molecular formula is C14H22N2O3. The number of carbonyl (C=O) groups excluding carboxylic acids is 1. The third-order valence-electron chi connectivity index (χ3n) is 4.14. The number of nitrogens with one attached hydrogen (secondary N) is 1. The molecule has 1 amide bonds. The molecule has 0 saturated heterocycles. The molecule has 1 aromatic heterocycles. The number of hydrogen-bond donors (Lipinski definition) is 3. The van der Waals surface area contributed by atoms with Crippen LogP contribution in [0.25, 0.3) is 0 Å². The van der Waals surface area contributed by atoms with Crippen LogP contribution in [-0.2, 0) is 0 Å². The molecule has 5 nitrogen and oxygen atoms in total. The van der Waals surface area contributed by atoms with E-state index in [1.165, 1.54) is 6.42 Å². The molecule has 106 valence electrons. The molecule has 19 heavy (non-hydrogen) atoms. The second-order valence-corrected chi connectivity index (χ2v) is 5.29. The number of amides is 1. The monoisotopic (exact) mass is 266 g/mol. The molecule has 3 N–H and O–H groups in total. The maximum atomic E-state index is 12.3. The van der Waals surface area contributed by atoms with E-state index >= 15 is 0 Å². The molecule has 0 spiro atoms. The summed E-state index contributed by atoms with van der Waals surface area (Å²) in [5.41, 5.74) is -0.337. The number of aromatic nitrogens is 1. The fourth-order valence-corrected chi connectivity index (χ4v) is 2.32. The van der Waals surface area contributed by atoms with Crippen molar-refractivity contribution >= 4 is 5.91 Å². The van der Waals surface area contributed by atoms with Crippen molar-refractivity contribution in [3.05, 3.63) is 24.0 Å². The van der Waals surface area contributed by atoms with Crippen molar-refractivity contribution in [1.29, 1.82) is 0 Å². The van der Waals surface area contributed by atoms with Crippen LogP contribution in [0.1, 0.15) is 49.1 Å². The number of hydrogen-bond acceptors (Lipinski definition) is 3. The van der Waals surface area contributed by atoms with E-state index in [1.54, 1.807) is 6.07 Å². The number of nitrogens with zero attached hydrogens (tertiary/aromatic N) is 1. The SMILES string of the molecule is CCC(CO)(CO)NC(=O)c1cccn1C1CCC1. The largest absolute Gasteiger partial charge is 0.394 e. The summed E-state index contributed by atoms with van der Waals surface area (Å²) in [5.74, 6) is -0.234. The Labute approximate surface area is 113 Å². The molecule has 0 bridgehead atoms. The minimum Gasteiger partial charge on any atom is -0.394 e. The Bertz CT molecular complexity index is 425. The lowest BCUT2D eigenvalue weighted by atomic mass is 9.92. The van der Waals surface area contributed by atoms with Gasteiger partial charge in [0.2, 0.25) is 0 Å². The van der Waals surface area contributed by atoms with Gasteiger partial charge in [-0.15, -0.1) is 0 Å². The Morgan fingerprint density at radius 2 is 2.16 bits per heavy atom. The topological polar surface area (TPSA) is 74.5 Å². The smallest absolute Gasteiger partial charge is 0.268 e. The number of rotatable bonds is 6. The zero-order valence-electron chi connectivity index (χ0n) is 11.3. The summed E-state index contributed by atoms with van der Waals surface area (Å²) < 4.78 is 1.99. The van der Waals surface area contributed by atoms with Gasteiger partial charge in [-0.05, 0) is 37.8 Å². The van der Waals surface area contributed by atoms with E-state index in [4.69, 9.17) is 0 Å². The van der Waals surface area contributed by atoms with Gasteiger partial charge in [0.1, 0.15) is 5.69 Å². The zero-order chi connectivity index (χ0) is 13.9. The maximum Gasteiger partial charge on any atom is 0.268 e. The van der Waals surface area contributed by atoms with Crippen molar-refractivity contribution in [3.63, 3.8) is 0 Å². The minimum absolute atomic E-state index is 0.234. The van der Waals surface area contributed by atoms with Gasteiger partial charge in [-0.2, -0.15) is 0 Å². The minimum atomic E-state index is -0.939. The summed E-state index contributed by atoms with van der Waals surface area (Å²) in [6, 6.07) is 4.05. The molecule has 0 aromatic carbocycles. The highest BCUT2D eigenvalue weighted by molar-refractivity contribution is 5.93. The fourth-order valence-electron chi connectivity index (χ4n) is 2.32. The predicted molar refractivity (Wildman–Crippen MR) is 72.0 cm³/mol. The molecule has 1 aliphatic rings. The summed E-state index contributed by atoms with van der Waals surface area (Å²) >= 11 is 0. The first kappa shape index (κ1) is 14.1. The van der Waals surface area contributed by atoms with Gasteiger partial charge in [-0.3, -0.25) is 4.79 Å². The van der Waals surface area contributed by atoms with Crippen molar-refractivity contribution in [3.8, 4) is 0 Å². The Kier molecular flexibility index (Phi) is 4.27. The Hall–Kier alpha value is -1.33. The van der Waals surface area contributed by atoms with Crippen LogP contribution in [0.5, 0.6) is 0 Å². The molecule has 0 unspecified atom stereocenters. The maximum absolute atomic E-state index is 12.3. The van der Waals surface area contributed by atoms with E-state index in [2.05, 4.69) is 5.32 Å². The van der Waals surface area contributed by atoms with Gasteiger partial charge >= 0.3 is 0 Å². The van der Waals surface area contributed by atoms with Gasteiger partial charge in [0.15, 0.2) is 0 Å². The zero-order valence-corrected chi connectivity index (χ0v) is 11.3. The first-order valence-corrected chi connectivity index (χ1v) is 6.87. The number of carbonyl (C=O) groups is 1. The second kappa shape index (κ2) is 5.75. The van der Waals surface area contributed by atoms with Crippen LogP contribution in [0.3, 0.4) is 0 Å². The molecule has 1 fully saturated rings. The molecule has 0 radical (unpaired) electrons. The van der Waals surface area contributed by atoms with E-state index in [9.17, 15) is 15.0 Å². The summed E-state index contributed by atoms with van der Waals surface area (Å²) in [6.45, 7) is 1.30. The fraction of sp³-hybridized carbons (Fsp3) is 0.643. The van der Waals surface area contributed by atoms with Gasteiger partial charge < -0.3 is 20.1 Å². The van der Waals surface area contributed by atoms with Gasteiger partial charge in [-0.1, -0.05) is 6.92 Å².